The average molecular weight is 1430 g/mol. The van der Waals surface area contributed by atoms with Crippen molar-refractivity contribution in [2.45, 2.75) is 169 Å². The fourth-order valence-corrected chi connectivity index (χ4v) is 46.6. The Morgan fingerprint density at radius 2 is 0.575 bits per heavy atom. The van der Waals surface area contributed by atoms with Gasteiger partial charge in [0, 0.05) is 22.7 Å². The van der Waals surface area contributed by atoms with Gasteiger partial charge in [-0.05, 0) is 419 Å². The highest BCUT2D eigenvalue weighted by molar-refractivity contribution is 6.32. The SMILES string of the molecule is CC1CCC2C(C1C)C1C(C)C(C)C3C4C(C)C(C)C5C6C(C)C(C)CC7CCC8C(C76)C6C5C4C4C5C3C1C1C2C2CCC3CC(C)C(C)C7C3C2C2C3C7C(C)C(C)C7C9C(C)C(C)C%10C%11C(C)C(C)CC(C(=O)Nc%12cccc%13c%12C(=O)c%12cccc(N)c%12C%13=O)C%11C8C8C%10C9C(C(C73)C5C12)C4C68. The van der Waals surface area contributed by atoms with E-state index in [2.05, 4.69) is 116 Å². The monoisotopic (exact) mass is 1430 g/mol. The minimum absolute atomic E-state index is 0.120. The van der Waals surface area contributed by atoms with Gasteiger partial charge in [0.15, 0.2) is 11.6 Å². The van der Waals surface area contributed by atoms with Crippen molar-refractivity contribution in [3.05, 3.63) is 58.7 Å². The van der Waals surface area contributed by atoms with E-state index in [9.17, 15) is 4.79 Å². The maximum atomic E-state index is 17.1. The Hall–Kier alpha value is -2.95. The average Bonchev–Trinajstić information content (AvgIpc) is 0.617. The molecule has 0 aromatic heterocycles. The summed E-state index contributed by atoms with van der Waals surface area (Å²) in [5.74, 6) is 50.6. The Bertz CT molecular complexity index is 4140. The van der Waals surface area contributed by atoms with Crippen molar-refractivity contribution < 1.29 is 14.4 Å². The molecular weight excluding hydrogens is 1290 g/mol. The zero-order valence-electron chi connectivity index (χ0n) is 67.8. The van der Waals surface area contributed by atoms with Gasteiger partial charge in [-0.25, -0.2) is 0 Å². The van der Waals surface area contributed by atoms with Crippen molar-refractivity contribution in [3.8, 4) is 0 Å². The van der Waals surface area contributed by atoms with Crippen LogP contribution < -0.4 is 11.1 Å². The molecule has 106 heavy (non-hydrogen) atoms. The van der Waals surface area contributed by atoms with Crippen molar-refractivity contribution in [2.75, 3.05) is 11.1 Å². The number of nitrogen functional groups attached to an aromatic ring is 1. The van der Waals surface area contributed by atoms with Crippen LogP contribution in [0.3, 0.4) is 0 Å². The predicted octanol–water partition coefficient (Wildman–Crippen LogP) is 20.7. The normalized spacial score (nSPS) is 67.1. The number of ketones is 2. The lowest BCUT2D eigenvalue weighted by molar-refractivity contribution is -0.433. The number of rotatable bonds is 2. The number of anilines is 2. The first-order chi connectivity index (χ1) is 51.1. The molecule has 23 saturated carbocycles. The van der Waals surface area contributed by atoms with E-state index in [4.69, 9.17) is 5.73 Å². The molecule has 23 fully saturated rings. The maximum Gasteiger partial charge on any atom is 0.227 e. The van der Waals surface area contributed by atoms with Crippen LogP contribution in [0.25, 0.3) is 0 Å². The van der Waals surface area contributed by atoms with Gasteiger partial charge in [-0.3, -0.25) is 14.4 Å². The maximum absolute atomic E-state index is 17.1. The summed E-state index contributed by atoms with van der Waals surface area (Å²) in [6, 6.07) is 11.1. The molecule has 0 aliphatic heterocycles. The lowest BCUT2D eigenvalue weighted by atomic mass is 9.14. The van der Waals surface area contributed by atoms with Gasteiger partial charge in [-0.15, -0.1) is 0 Å². The first-order valence-corrected chi connectivity index (χ1v) is 47.5. The molecular formula is C101H136N2O3. The third kappa shape index (κ3) is 6.86. The Labute approximate surface area is 638 Å². The molecule has 1 amide bonds. The highest BCUT2D eigenvalue weighted by atomic mass is 16.2. The molecule has 2 aromatic carbocycles. The number of nitrogens with two attached hydrogens (primary N) is 1. The van der Waals surface area contributed by atoms with Gasteiger partial charge in [0.2, 0.25) is 5.91 Å². The van der Waals surface area contributed by atoms with Crippen molar-refractivity contribution in [2.24, 2.45) is 361 Å². The van der Waals surface area contributed by atoms with Gasteiger partial charge in [0.1, 0.15) is 0 Å². The van der Waals surface area contributed by atoms with E-state index in [0.717, 1.165) is 308 Å². The molecule has 61 atom stereocenters. The molecule has 568 valence electrons. The summed E-state index contributed by atoms with van der Waals surface area (Å²) in [4.78, 5) is 47.0. The molecule has 5 heteroatoms. The Morgan fingerprint density at radius 3 is 1.01 bits per heavy atom. The Kier molecular flexibility index (Phi) is 12.9. The topological polar surface area (TPSA) is 89.3 Å². The molecule has 24 aliphatic rings. The van der Waals surface area contributed by atoms with Gasteiger partial charge >= 0.3 is 0 Å². The first-order valence-electron chi connectivity index (χ1n) is 47.5. The lowest BCUT2D eigenvalue weighted by Gasteiger charge is -2.90. The Morgan fingerprint density at radius 1 is 0.283 bits per heavy atom. The van der Waals surface area contributed by atoms with E-state index in [0.29, 0.717) is 86.9 Å². The predicted molar refractivity (Wildman–Crippen MR) is 418 cm³/mol. The standard InChI is InChI=1S/C101H136N2O3/c1-32-23-26-50-58(36(32)5)62-40(9)41(10)66-67-45(14)43(12)64-60-38(7)34(3)30-49-25-28-52-76(71(49)60)89-81(64)85(67)93-91-83(66)79(62)87-72(50)51-27-24-48-29-33(2)37(6)59-63-42(11)46(15)68-69-47(16)44(13)65-61-39(8)35(4)31-55(101(106)103-57-22-18-20-54-74(57)100(105)53-19-17-21-56(102)73(53)99(54)104)78(61)77(52)90-82(65)86(69)94(98(93)96(89)90)92-84(68)80(63)88(75(51)70(48)59)95(87)97(91)92/h17-22,32-52,55,58-72,75-98H,23-31,102H2,1-16H3,(H,103,106). The number of carbonyl (C=O) groups excluding carboxylic acids is 3. The number of benzene rings is 2. The molecule has 0 radical (unpaired) electrons. The van der Waals surface area contributed by atoms with E-state index < -0.39 is 0 Å². The summed E-state index contributed by atoms with van der Waals surface area (Å²) >= 11 is 0. The second kappa shape index (κ2) is 20.9. The second-order valence-corrected chi connectivity index (χ2v) is 47.9. The van der Waals surface area contributed by atoms with Crippen molar-refractivity contribution in [1.82, 2.24) is 0 Å². The molecule has 3 N–H and O–H groups in total. The summed E-state index contributed by atoms with van der Waals surface area (Å²) in [6.45, 7) is 46.7. The van der Waals surface area contributed by atoms with Gasteiger partial charge in [0.05, 0.1) is 16.8 Å². The molecule has 5 nitrogen and oxygen atoms in total. The molecule has 26 rings (SSSR count). The highest BCUT2D eigenvalue weighted by Gasteiger charge is 2.90. The largest absolute Gasteiger partial charge is 0.398 e. The van der Waals surface area contributed by atoms with Gasteiger partial charge in [-0.1, -0.05) is 141 Å². The van der Waals surface area contributed by atoms with Crippen LogP contribution in [0.1, 0.15) is 200 Å². The molecule has 24 aliphatic carbocycles. The van der Waals surface area contributed by atoms with Gasteiger partial charge < -0.3 is 11.1 Å². The first kappa shape index (κ1) is 65.5. The number of nitrogens with one attached hydrogen (secondary N) is 1. The summed E-state index contributed by atoms with van der Waals surface area (Å²) in [7, 11) is 0. The molecule has 0 saturated heterocycles. The van der Waals surface area contributed by atoms with Crippen LogP contribution in [0.4, 0.5) is 11.4 Å². The zero-order chi connectivity index (χ0) is 71.7. The number of amides is 1. The minimum Gasteiger partial charge on any atom is -0.398 e. The van der Waals surface area contributed by atoms with Crippen molar-refractivity contribution in [3.63, 3.8) is 0 Å². The number of fused-ring (bicyclic) bond motifs is 14. The van der Waals surface area contributed by atoms with E-state index in [-0.39, 0.29) is 23.4 Å². The third-order valence-corrected chi connectivity index (χ3v) is 48.4. The molecule has 61 unspecified atom stereocenters. The summed E-state index contributed by atoms with van der Waals surface area (Å²) < 4.78 is 0. The summed E-state index contributed by atoms with van der Waals surface area (Å²) in [5.41, 5.74) is 8.98. The molecule has 2 aromatic rings. The van der Waals surface area contributed by atoms with Crippen molar-refractivity contribution in [1.29, 1.82) is 0 Å². The van der Waals surface area contributed by atoms with Crippen LogP contribution in [0, 0.1) is 361 Å². The quantitative estimate of drug-likeness (QED) is 0.250. The van der Waals surface area contributed by atoms with Crippen LogP contribution in [0.2, 0.25) is 0 Å². The van der Waals surface area contributed by atoms with Crippen LogP contribution in [-0.2, 0) is 4.79 Å². The van der Waals surface area contributed by atoms with Gasteiger partial charge in [-0.2, -0.15) is 0 Å². The van der Waals surface area contributed by atoms with E-state index in [1.165, 1.54) is 25.7 Å². The molecule has 0 spiro atoms. The van der Waals surface area contributed by atoms with Crippen LogP contribution >= 0.6 is 0 Å². The smallest absolute Gasteiger partial charge is 0.227 e. The Balaban J connectivity index is 0.734. The zero-order valence-corrected chi connectivity index (χ0v) is 67.8. The van der Waals surface area contributed by atoms with Crippen LogP contribution in [-0.4, -0.2) is 17.5 Å². The lowest BCUT2D eigenvalue weighted by Crippen LogP contribution is -2.86. The second-order valence-electron chi connectivity index (χ2n) is 47.9. The number of carbonyl (C=O) groups is 3. The highest BCUT2D eigenvalue weighted by Crippen LogP contribution is 2.93. The third-order valence-electron chi connectivity index (χ3n) is 48.4. The fraction of sp³-hybridized carbons (Fsp3) is 0.851. The minimum atomic E-state index is -0.191. The van der Waals surface area contributed by atoms with E-state index >= 15 is 9.59 Å². The fourth-order valence-electron chi connectivity index (χ4n) is 46.6. The van der Waals surface area contributed by atoms with E-state index in [1.54, 1.807) is 37.8 Å². The van der Waals surface area contributed by atoms with Crippen LogP contribution in [0.15, 0.2) is 36.4 Å². The van der Waals surface area contributed by atoms with Crippen LogP contribution in [0.5, 0.6) is 0 Å². The number of hydrogen-bond acceptors (Lipinski definition) is 4. The van der Waals surface area contributed by atoms with Gasteiger partial charge in [0.25, 0.3) is 0 Å². The number of hydrogen-bond donors (Lipinski definition) is 2. The molecule has 0 bridgehead atoms. The van der Waals surface area contributed by atoms with Crippen molar-refractivity contribution >= 4 is 28.8 Å². The molecule has 0 heterocycles. The van der Waals surface area contributed by atoms with E-state index in [1.807, 2.05) is 24.3 Å². The summed E-state index contributed by atoms with van der Waals surface area (Å²) in [6.07, 6.45) is 13.1. The summed E-state index contributed by atoms with van der Waals surface area (Å²) in [5, 5.41) is 3.76.